The van der Waals surface area contributed by atoms with Crippen molar-refractivity contribution < 1.29 is 18.7 Å². The van der Waals surface area contributed by atoms with E-state index in [-0.39, 0.29) is 23.5 Å². The van der Waals surface area contributed by atoms with Crippen LogP contribution in [0.2, 0.25) is 0 Å². The minimum Gasteiger partial charge on any atom is -0.486 e. The lowest BCUT2D eigenvalue weighted by Gasteiger charge is -2.18. The molecule has 2 aromatic carbocycles. The Hall–Kier alpha value is -3.61. The van der Waals surface area contributed by atoms with Crippen LogP contribution in [-0.4, -0.2) is 28.5 Å². The SMILES string of the molecule is O=C(Cn1cnc2c(oc3ccccc32)c1=O)c1ccc2c(c1)OCCO2. The summed E-state index contributed by atoms with van der Waals surface area (Å²) in [4.78, 5) is 29.7. The van der Waals surface area contributed by atoms with Gasteiger partial charge in [-0.1, -0.05) is 12.1 Å². The van der Waals surface area contributed by atoms with Crippen LogP contribution >= 0.6 is 0 Å². The van der Waals surface area contributed by atoms with E-state index in [1.54, 1.807) is 24.3 Å². The molecule has 0 spiro atoms. The van der Waals surface area contributed by atoms with Gasteiger partial charge in [0.1, 0.15) is 24.3 Å². The monoisotopic (exact) mass is 362 g/mol. The van der Waals surface area contributed by atoms with Gasteiger partial charge in [0.25, 0.3) is 5.56 Å². The highest BCUT2D eigenvalue weighted by Crippen LogP contribution is 2.31. The van der Waals surface area contributed by atoms with Crippen molar-refractivity contribution in [2.75, 3.05) is 13.2 Å². The fourth-order valence-electron chi connectivity index (χ4n) is 3.19. The first-order valence-corrected chi connectivity index (χ1v) is 8.50. The van der Waals surface area contributed by atoms with Crippen molar-refractivity contribution in [3.8, 4) is 11.5 Å². The van der Waals surface area contributed by atoms with E-state index in [2.05, 4.69) is 4.98 Å². The highest BCUT2D eigenvalue weighted by atomic mass is 16.6. The van der Waals surface area contributed by atoms with Gasteiger partial charge in [0.2, 0.25) is 5.58 Å². The van der Waals surface area contributed by atoms with Crippen LogP contribution in [0.15, 0.2) is 58.0 Å². The minimum absolute atomic E-state index is 0.140. The van der Waals surface area contributed by atoms with Crippen LogP contribution in [0.5, 0.6) is 11.5 Å². The molecule has 0 saturated carbocycles. The maximum atomic E-state index is 12.7. The highest BCUT2D eigenvalue weighted by molar-refractivity contribution is 6.02. The molecular formula is C20H14N2O5. The molecule has 134 valence electrons. The average molecular weight is 362 g/mol. The molecule has 1 aliphatic rings. The van der Waals surface area contributed by atoms with Crippen molar-refractivity contribution in [2.45, 2.75) is 6.54 Å². The Morgan fingerprint density at radius 2 is 1.89 bits per heavy atom. The number of benzene rings is 2. The van der Waals surface area contributed by atoms with Gasteiger partial charge in [-0.25, -0.2) is 4.98 Å². The van der Waals surface area contributed by atoms with E-state index in [1.807, 2.05) is 18.2 Å². The minimum atomic E-state index is -0.387. The summed E-state index contributed by atoms with van der Waals surface area (Å²) in [5, 5.41) is 0.773. The molecule has 1 aliphatic heterocycles. The lowest BCUT2D eigenvalue weighted by atomic mass is 10.1. The molecule has 0 bridgehead atoms. The van der Waals surface area contributed by atoms with Gasteiger partial charge in [-0.15, -0.1) is 0 Å². The molecule has 0 N–H and O–H groups in total. The summed E-state index contributed by atoms with van der Waals surface area (Å²) in [6, 6.07) is 12.3. The number of ether oxygens (including phenoxy) is 2. The van der Waals surface area contributed by atoms with E-state index < -0.39 is 0 Å². The molecule has 7 heteroatoms. The van der Waals surface area contributed by atoms with Gasteiger partial charge in [0.15, 0.2) is 17.3 Å². The van der Waals surface area contributed by atoms with Gasteiger partial charge < -0.3 is 13.9 Å². The fourth-order valence-corrected chi connectivity index (χ4v) is 3.19. The maximum Gasteiger partial charge on any atom is 0.297 e. The van der Waals surface area contributed by atoms with Gasteiger partial charge in [0, 0.05) is 10.9 Å². The van der Waals surface area contributed by atoms with E-state index in [0.717, 1.165) is 5.39 Å². The Morgan fingerprint density at radius 3 is 2.78 bits per heavy atom. The summed E-state index contributed by atoms with van der Waals surface area (Å²) in [6.07, 6.45) is 1.38. The van der Waals surface area contributed by atoms with Crippen LogP contribution in [-0.2, 0) is 6.54 Å². The number of hydrogen-bond donors (Lipinski definition) is 0. The zero-order valence-electron chi connectivity index (χ0n) is 14.2. The van der Waals surface area contributed by atoms with Crippen LogP contribution in [0.1, 0.15) is 10.4 Å². The molecule has 7 nitrogen and oxygen atoms in total. The largest absolute Gasteiger partial charge is 0.486 e. The lowest BCUT2D eigenvalue weighted by molar-refractivity contribution is 0.0969. The molecule has 0 unspecified atom stereocenters. The maximum absolute atomic E-state index is 12.7. The van der Waals surface area contributed by atoms with Crippen LogP contribution in [0, 0.1) is 0 Å². The molecule has 27 heavy (non-hydrogen) atoms. The average Bonchev–Trinajstić information content (AvgIpc) is 3.09. The van der Waals surface area contributed by atoms with Crippen molar-refractivity contribution in [2.24, 2.45) is 0 Å². The van der Waals surface area contributed by atoms with E-state index in [1.165, 1.54) is 10.9 Å². The number of hydrogen-bond acceptors (Lipinski definition) is 6. The molecule has 4 aromatic rings. The third-order valence-electron chi connectivity index (χ3n) is 4.53. The van der Waals surface area contributed by atoms with Gasteiger partial charge in [-0.3, -0.25) is 14.2 Å². The van der Waals surface area contributed by atoms with Crippen LogP contribution < -0.4 is 15.0 Å². The number of carbonyl (C=O) groups is 1. The number of Topliss-reactive ketones (excluding diaryl/α,β-unsaturated/α-hetero) is 1. The van der Waals surface area contributed by atoms with Crippen LogP contribution in [0.3, 0.4) is 0 Å². The molecule has 5 rings (SSSR count). The van der Waals surface area contributed by atoms with Gasteiger partial charge >= 0.3 is 0 Å². The third kappa shape index (κ3) is 2.55. The third-order valence-corrected chi connectivity index (χ3v) is 4.53. The van der Waals surface area contributed by atoms with Crippen molar-refractivity contribution in [3.63, 3.8) is 0 Å². The summed E-state index contributed by atoms with van der Waals surface area (Å²) >= 11 is 0. The standard InChI is InChI=1S/C20H14N2O5/c23-14(12-5-6-16-17(9-12)26-8-7-25-16)10-22-11-21-18-13-3-1-2-4-15(13)27-19(18)20(22)24/h1-6,9,11H,7-8,10H2. The zero-order chi connectivity index (χ0) is 18.4. The predicted octanol–water partition coefficient (Wildman–Crippen LogP) is 2.80. The van der Waals surface area contributed by atoms with Crippen LogP contribution in [0.4, 0.5) is 0 Å². The number of aromatic nitrogens is 2. The number of carbonyl (C=O) groups excluding carboxylic acids is 1. The normalized spacial score (nSPS) is 13.2. The molecule has 0 fully saturated rings. The Kier molecular flexibility index (Phi) is 3.46. The molecule has 0 atom stereocenters. The molecule has 0 saturated heterocycles. The number of fused-ring (bicyclic) bond motifs is 4. The number of nitrogens with zero attached hydrogens (tertiary/aromatic N) is 2. The zero-order valence-corrected chi connectivity index (χ0v) is 14.2. The molecule has 0 radical (unpaired) electrons. The van der Waals surface area contributed by atoms with Crippen molar-refractivity contribution in [1.29, 1.82) is 0 Å². The fraction of sp³-hybridized carbons (Fsp3) is 0.150. The number of rotatable bonds is 3. The molecule has 0 amide bonds. The molecule has 2 aromatic heterocycles. The first-order chi connectivity index (χ1) is 13.2. The van der Waals surface area contributed by atoms with E-state index in [0.29, 0.717) is 41.4 Å². The Balaban J connectivity index is 1.51. The summed E-state index contributed by atoms with van der Waals surface area (Å²) in [5.74, 6) is 0.914. The topological polar surface area (TPSA) is 83.6 Å². The molecular weight excluding hydrogens is 348 g/mol. The number of para-hydroxylation sites is 1. The number of furan rings is 1. The van der Waals surface area contributed by atoms with E-state index in [4.69, 9.17) is 13.9 Å². The van der Waals surface area contributed by atoms with Gasteiger partial charge in [-0.05, 0) is 30.3 Å². The predicted molar refractivity (Wildman–Crippen MR) is 97.5 cm³/mol. The van der Waals surface area contributed by atoms with Crippen molar-refractivity contribution in [1.82, 2.24) is 9.55 Å². The van der Waals surface area contributed by atoms with Crippen molar-refractivity contribution >= 4 is 27.9 Å². The quantitative estimate of drug-likeness (QED) is 0.521. The number of ketones is 1. The first kappa shape index (κ1) is 15.6. The lowest BCUT2D eigenvalue weighted by Crippen LogP contribution is -2.24. The highest BCUT2D eigenvalue weighted by Gasteiger charge is 2.18. The van der Waals surface area contributed by atoms with E-state index in [9.17, 15) is 9.59 Å². The second-order valence-corrected chi connectivity index (χ2v) is 6.24. The Morgan fingerprint density at radius 1 is 1.07 bits per heavy atom. The van der Waals surface area contributed by atoms with Crippen LogP contribution in [0.25, 0.3) is 22.1 Å². The summed E-state index contributed by atoms with van der Waals surface area (Å²) in [5.41, 5.74) is 1.29. The Labute approximate surface area is 152 Å². The summed E-state index contributed by atoms with van der Waals surface area (Å²) in [7, 11) is 0. The second-order valence-electron chi connectivity index (χ2n) is 6.24. The first-order valence-electron chi connectivity index (χ1n) is 8.50. The summed E-state index contributed by atoms with van der Waals surface area (Å²) in [6.45, 7) is 0.786. The molecule has 3 heterocycles. The second kappa shape index (κ2) is 5.98. The van der Waals surface area contributed by atoms with Crippen molar-refractivity contribution in [3.05, 3.63) is 64.7 Å². The smallest absolute Gasteiger partial charge is 0.297 e. The Bertz CT molecular complexity index is 1250. The summed E-state index contributed by atoms with van der Waals surface area (Å²) < 4.78 is 17.9. The molecule has 0 aliphatic carbocycles. The van der Waals surface area contributed by atoms with Gasteiger partial charge in [0.05, 0.1) is 12.9 Å². The van der Waals surface area contributed by atoms with E-state index >= 15 is 0 Å². The van der Waals surface area contributed by atoms with Gasteiger partial charge in [-0.2, -0.15) is 0 Å².